The number of thiophene rings is 1. The molecule has 2 rings (SSSR count). The summed E-state index contributed by atoms with van der Waals surface area (Å²) in [6, 6.07) is 2.23. The van der Waals surface area contributed by atoms with Crippen molar-refractivity contribution >= 4 is 43.2 Å². The molecule has 0 bridgehead atoms. The monoisotopic (exact) mass is 350 g/mol. The van der Waals surface area contributed by atoms with E-state index in [1.807, 2.05) is 11.3 Å². The molecule has 0 radical (unpaired) electrons. The molecule has 84 valence electrons. The number of aryl methyl sites for hydroxylation is 1. The lowest BCUT2D eigenvalue weighted by molar-refractivity contribution is 0.333. The Kier molecular flexibility index (Phi) is 3.64. The Morgan fingerprint density at radius 1 is 1.40 bits per heavy atom. The maximum Gasteiger partial charge on any atom is 0.0554 e. The van der Waals surface area contributed by atoms with Gasteiger partial charge >= 0.3 is 0 Å². The molecule has 0 saturated heterocycles. The number of alkyl halides is 1. The van der Waals surface area contributed by atoms with Crippen molar-refractivity contribution in [3.8, 4) is 0 Å². The van der Waals surface area contributed by atoms with Gasteiger partial charge in [0.1, 0.15) is 0 Å². The highest BCUT2D eigenvalue weighted by Crippen LogP contribution is 2.54. The third kappa shape index (κ3) is 2.34. The Labute approximate surface area is 113 Å². The van der Waals surface area contributed by atoms with Gasteiger partial charge in [-0.25, -0.2) is 0 Å². The maximum atomic E-state index is 3.91. The van der Waals surface area contributed by atoms with Crippen molar-refractivity contribution in [3.63, 3.8) is 0 Å². The molecule has 1 unspecified atom stereocenters. The van der Waals surface area contributed by atoms with Gasteiger partial charge in [0.15, 0.2) is 0 Å². The van der Waals surface area contributed by atoms with E-state index in [-0.39, 0.29) is 0 Å². The molecule has 1 aliphatic carbocycles. The van der Waals surface area contributed by atoms with Crippen LogP contribution in [0.15, 0.2) is 10.5 Å². The van der Waals surface area contributed by atoms with E-state index < -0.39 is 0 Å². The zero-order valence-corrected chi connectivity index (χ0v) is 13.1. The molecule has 0 nitrogen and oxygen atoms in total. The van der Waals surface area contributed by atoms with Crippen molar-refractivity contribution < 1.29 is 0 Å². The van der Waals surface area contributed by atoms with E-state index in [1.54, 1.807) is 0 Å². The fourth-order valence-electron chi connectivity index (χ4n) is 2.43. The summed E-state index contributed by atoms with van der Waals surface area (Å²) in [6.07, 6.45) is 5.49. The molecular formula is C12H16Br2S. The Morgan fingerprint density at radius 2 is 2.00 bits per heavy atom. The van der Waals surface area contributed by atoms with Crippen molar-refractivity contribution in [3.05, 3.63) is 20.3 Å². The maximum absolute atomic E-state index is 3.91. The van der Waals surface area contributed by atoms with Gasteiger partial charge in [0.25, 0.3) is 0 Å². The van der Waals surface area contributed by atoms with E-state index in [0.717, 1.165) is 0 Å². The van der Waals surface area contributed by atoms with Crippen LogP contribution in [0.4, 0.5) is 0 Å². The zero-order valence-electron chi connectivity index (χ0n) is 9.15. The Morgan fingerprint density at radius 3 is 2.47 bits per heavy atom. The minimum absolute atomic E-state index is 0.458. The van der Waals surface area contributed by atoms with E-state index in [0.29, 0.717) is 10.2 Å². The van der Waals surface area contributed by atoms with Crippen LogP contribution in [0.1, 0.15) is 47.2 Å². The normalized spacial score (nSPS) is 21.9. The Bertz CT molecular complexity index is 351. The van der Waals surface area contributed by atoms with Crippen molar-refractivity contribution in [2.45, 2.75) is 44.4 Å². The lowest BCUT2D eigenvalue weighted by atomic mass is 9.84. The van der Waals surface area contributed by atoms with Crippen LogP contribution in [0.2, 0.25) is 0 Å². The summed E-state index contributed by atoms with van der Waals surface area (Å²) < 4.78 is 1.28. The van der Waals surface area contributed by atoms with Gasteiger partial charge in [-0.3, -0.25) is 0 Å². The van der Waals surface area contributed by atoms with E-state index in [1.165, 1.54) is 39.9 Å². The van der Waals surface area contributed by atoms with Crippen LogP contribution in [0.3, 0.4) is 0 Å². The van der Waals surface area contributed by atoms with E-state index in [2.05, 4.69) is 51.8 Å². The Balaban J connectivity index is 2.27. The molecule has 0 amide bonds. The second-order valence-corrected chi connectivity index (χ2v) is 7.85. The summed E-state index contributed by atoms with van der Waals surface area (Å²) in [5.74, 6) is 0. The average Bonchev–Trinajstić information content (AvgIpc) is 2.73. The first-order chi connectivity index (χ1) is 7.03. The van der Waals surface area contributed by atoms with Crippen LogP contribution in [0.25, 0.3) is 0 Å². The summed E-state index contributed by atoms with van der Waals surface area (Å²) in [4.78, 5) is 3.38. The fraction of sp³-hybridized carbons (Fsp3) is 0.667. The molecule has 1 heterocycles. The van der Waals surface area contributed by atoms with Crippen LogP contribution in [0.5, 0.6) is 0 Å². The highest BCUT2D eigenvalue weighted by molar-refractivity contribution is 9.11. The summed E-state index contributed by atoms with van der Waals surface area (Å²) >= 11 is 9.50. The standard InChI is InChI=1S/C12H16Br2S/c1-8-7-9(13)10(15-8)11(14)12(2)5-3-4-6-12/h7,11H,3-6H2,1-2H3. The molecule has 1 aliphatic rings. The summed E-state index contributed by atoms with van der Waals surface area (Å²) in [5, 5.41) is 0. The molecular weight excluding hydrogens is 336 g/mol. The van der Waals surface area contributed by atoms with Gasteiger partial charge in [-0.15, -0.1) is 11.3 Å². The Hall–Kier alpha value is 0.660. The minimum atomic E-state index is 0.458. The van der Waals surface area contributed by atoms with Crippen molar-refractivity contribution in [2.75, 3.05) is 0 Å². The SMILES string of the molecule is Cc1cc(Br)c(C(Br)C2(C)CCCC2)s1. The van der Waals surface area contributed by atoms with Gasteiger partial charge in [0, 0.05) is 14.2 Å². The summed E-state index contributed by atoms with van der Waals surface area (Å²) in [7, 11) is 0. The lowest BCUT2D eigenvalue weighted by Gasteiger charge is -2.29. The molecule has 1 aromatic rings. The van der Waals surface area contributed by atoms with Gasteiger partial charge in [0.05, 0.1) is 4.83 Å². The number of rotatable bonds is 2. The van der Waals surface area contributed by atoms with E-state index >= 15 is 0 Å². The second-order valence-electron chi connectivity index (χ2n) is 4.79. The van der Waals surface area contributed by atoms with Crippen LogP contribution in [0, 0.1) is 12.3 Å². The molecule has 1 saturated carbocycles. The number of hydrogen-bond donors (Lipinski definition) is 0. The van der Waals surface area contributed by atoms with E-state index in [4.69, 9.17) is 0 Å². The van der Waals surface area contributed by atoms with Crippen LogP contribution < -0.4 is 0 Å². The second kappa shape index (κ2) is 4.50. The number of halogens is 2. The molecule has 15 heavy (non-hydrogen) atoms. The van der Waals surface area contributed by atoms with E-state index in [9.17, 15) is 0 Å². The van der Waals surface area contributed by atoms with Gasteiger partial charge in [-0.2, -0.15) is 0 Å². The van der Waals surface area contributed by atoms with Gasteiger partial charge in [-0.05, 0) is 47.2 Å². The predicted octanol–water partition coefficient (Wildman–Crippen LogP) is 5.84. The molecule has 1 fully saturated rings. The predicted molar refractivity (Wildman–Crippen MR) is 75.0 cm³/mol. The third-order valence-electron chi connectivity index (χ3n) is 3.42. The quantitative estimate of drug-likeness (QED) is 0.587. The first kappa shape index (κ1) is 12.1. The van der Waals surface area contributed by atoms with Crippen molar-refractivity contribution in [1.29, 1.82) is 0 Å². The van der Waals surface area contributed by atoms with Crippen molar-refractivity contribution in [2.24, 2.45) is 5.41 Å². The largest absolute Gasteiger partial charge is 0.143 e. The van der Waals surface area contributed by atoms with Crippen LogP contribution >= 0.6 is 43.2 Å². The van der Waals surface area contributed by atoms with Gasteiger partial charge in [0.2, 0.25) is 0 Å². The third-order valence-corrected chi connectivity index (χ3v) is 7.32. The number of hydrogen-bond acceptors (Lipinski definition) is 1. The van der Waals surface area contributed by atoms with Gasteiger partial charge < -0.3 is 0 Å². The first-order valence-electron chi connectivity index (χ1n) is 5.43. The summed E-state index contributed by atoms with van der Waals surface area (Å²) in [6.45, 7) is 4.59. The zero-order chi connectivity index (χ0) is 11.1. The van der Waals surface area contributed by atoms with Crippen LogP contribution in [-0.4, -0.2) is 0 Å². The first-order valence-corrected chi connectivity index (χ1v) is 7.95. The average molecular weight is 352 g/mol. The molecule has 0 aliphatic heterocycles. The molecule has 1 aromatic heterocycles. The lowest BCUT2D eigenvalue weighted by Crippen LogP contribution is -2.16. The van der Waals surface area contributed by atoms with Gasteiger partial charge in [-0.1, -0.05) is 35.7 Å². The van der Waals surface area contributed by atoms with Crippen molar-refractivity contribution in [1.82, 2.24) is 0 Å². The molecule has 0 spiro atoms. The molecule has 0 aromatic carbocycles. The topological polar surface area (TPSA) is 0 Å². The molecule has 3 heteroatoms. The fourth-order valence-corrected chi connectivity index (χ4v) is 5.75. The molecule has 1 atom stereocenters. The molecule has 0 N–H and O–H groups in total. The van der Waals surface area contributed by atoms with Crippen LogP contribution in [-0.2, 0) is 0 Å². The highest BCUT2D eigenvalue weighted by atomic mass is 79.9. The highest BCUT2D eigenvalue weighted by Gasteiger charge is 2.37. The minimum Gasteiger partial charge on any atom is -0.143 e. The summed E-state index contributed by atoms with van der Waals surface area (Å²) in [5.41, 5.74) is 0.458. The smallest absolute Gasteiger partial charge is 0.0554 e.